The molecule has 0 saturated carbocycles. The molecule has 0 aliphatic rings. The van der Waals surface area contributed by atoms with Gasteiger partial charge in [0.15, 0.2) is 0 Å². The monoisotopic (exact) mass is 369 g/mol. The van der Waals surface area contributed by atoms with Crippen LogP contribution in [-0.4, -0.2) is 31.0 Å². The van der Waals surface area contributed by atoms with Crippen LogP contribution in [0.15, 0.2) is 48.5 Å². The van der Waals surface area contributed by atoms with Crippen molar-refractivity contribution in [1.29, 1.82) is 0 Å². The molecule has 6 nitrogen and oxygen atoms in total. The van der Waals surface area contributed by atoms with Crippen LogP contribution in [0.25, 0.3) is 0 Å². The molecule has 0 fully saturated rings. The lowest BCUT2D eigenvalue weighted by Crippen LogP contribution is -2.32. The third-order valence-electron chi connectivity index (χ3n) is 4.00. The van der Waals surface area contributed by atoms with Gasteiger partial charge in [-0.25, -0.2) is 0 Å². The molecule has 2 rings (SSSR count). The maximum absolute atomic E-state index is 12.2. The van der Waals surface area contributed by atoms with Gasteiger partial charge >= 0.3 is 0 Å². The second kappa shape index (κ2) is 10.2. The minimum atomic E-state index is -0.198. The van der Waals surface area contributed by atoms with Gasteiger partial charge in [0.25, 0.3) is 5.91 Å². The van der Waals surface area contributed by atoms with E-state index in [1.54, 1.807) is 24.3 Å². The van der Waals surface area contributed by atoms with Crippen molar-refractivity contribution in [3.63, 3.8) is 0 Å². The van der Waals surface area contributed by atoms with Gasteiger partial charge in [-0.3, -0.25) is 9.59 Å². The van der Waals surface area contributed by atoms with Crippen molar-refractivity contribution in [1.82, 2.24) is 5.32 Å². The highest BCUT2D eigenvalue weighted by molar-refractivity contribution is 5.98. The molecule has 2 aromatic rings. The zero-order chi connectivity index (χ0) is 19.6. The Morgan fingerprint density at radius 2 is 1.78 bits per heavy atom. The second-order valence-electron chi connectivity index (χ2n) is 6.23. The Morgan fingerprint density at radius 3 is 2.52 bits per heavy atom. The molecule has 0 aliphatic carbocycles. The second-order valence-corrected chi connectivity index (χ2v) is 6.23. The van der Waals surface area contributed by atoms with Gasteiger partial charge in [0.1, 0.15) is 5.75 Å². The molecule has 0 saturated heterocycles. The molecule has 0 aromatic heterocycles. The third kappa shape index (κ3) is 6.66. The average Bonchev–Trinajstić information content (AvgIpc) is 2.67. The summed E-state index contributed by atoms with van der Waals surface area (Å²) in [6.45, 7) is 6.59. The molecule has 0 bridgehead atoms. The van der Waals surface area contributed by atoms with Crippen LogP contribution in [0.3, 0.4) is 0 Å². The van der Waals surface area contributed by atoms with E-state index in [2.05, 4.69) is 16.0 Å². The molecule has 0 spiro atoms. The van der Waals surface area contributed by atoms with E-state index in [0.717, 1.165) is 17.9 Å². The highest BCUT2D eigenvalue weighted by Gasteiger charge is 2.10. The van der Waals surface area contributed by atoms with E-state index in [0.29, 0.717) is 17.9 Å². The molecule has 0 radical (unpaired) electrons. The summed E-state index contributed by atoms with van der Waals surface area (Å²) in [5, 5.41) is 8.78. The first-order valence-electron chi connectivity index (χ1n) is 9.19. The number of amides is 2. The molecule has 2 aromatic carbocycles. The van der Waals surface area contributed by atoms with Crippen molar-refractivity contribution in [2.45, 2.75) is 33.2 Å². The quantitative estimate of drug-likeness (QED) is 0.630. The lowest BCUT2D eigenvalue weighted by Gasteiger charge is -2.13. The molecule has 3 N–H and O–H groups in total. The lowest BCUT2D eigenvalue weighted by molar-refractivity contribution is -0.114. The van der Waals surface area contributed by atoms with Crippen LogP contribution in [0.1, 0.15) is 37.6 Å². The molecule has 1 unspecified atom stereocenters. The molecule has 0 aliphatic heterocycles. The topological polar surface area (TPSA) is 79.5 Å². The predicted molar refractivity (Wildman–Crippen MR) is 108 cm³/mol. The van der Waals surface area contributed by atoms with E-state index in [4.69, 9.17) is 4.74 Å². The summed E-state index contributed by atoms with van der Waals surface area (Å²) in [7, 11) is 0. The maximum atomic E-state index is 12.2. The largest absolute Gasteiger partial charge is 0.494 e. The van der Waals surface area contributed by atoms with E-state index in [-0.39, 0.29) is 24.4 Å². The number of hydrogen-bond acceptors (Lipinski definition) is 4. The zero-order valence-corrected chi connectivity index (χ0v) is 16.0. The zero-order valence-electron chi connectivity index (χ0n) is 16.0. The van der Waals surface area contributed by atoms with Crippen molar-refractivity contribution in [3.8, 4) is 5.75 Å². The first-order valence-corrected chi connectivity index (χ1v) is 9.19. The van der Waals surface area contributed by atoms with Crippen LogP contribution < -0.4 is 20.7 Å². The van der Waals surface area contributed by atoms with Crippen LogP contribution in [0.5, 0.6) is 5.75 Å². The maximum Gasteiger partial charge on any atom is 0.251 e. The number of benzene rings is 2. The van der Waals surface area contributed by atoms with Gasteiger partial charge in [0.2, 0.25) is 5.91 Å². The van der Waals surface area contributed by atoms with Crippen LogP contribution in [0.2, 0.25) is 0 Å². The summed E-state index contributed by atoms with van der Waals surface area (Å²) in [6, 6.07) is 14.5. The molecular formula is C21H27N3O3. The van der Waals surface area contributed by atoms with E-state index in [9.17, 15) is 9.59 Å². The van der Waals surface area contributed by atoms with Gasteiger partial charge in [-0.2, -0.15) is 0 Å². The Morgan fingerprint density at radius 1 is 1.04 bits per heavy atom. The Labute approximate surface area is 160 Å². The van der Waals surface area contributed by atoms with E-state index in [1.807, 2.05) is 45.0 Å². The van der Waals surface area contributed by atoms with Gasteiger partial charge < -0.3 is 20.7 Å². The van der Waals surface area contributed by atoms with Gasteiger partial charge in [-0.05, 0) is 50.6 Å². The standard InChI is InChI=1S/C21H27N3O3/c1-4-15(3)23-21(26)16-8-6-10-18(12-16)24-20(25)14-22-17-9-7-11-19(13-17)27-5-2/h6-13,15,22H,4-5,14H2,1-3H3,(H,23,26)(H,24,25). The molecule has 1 atom stereocenters. The van der Waals surface area contributed by atoms with Crippen molar-refractivity contribution >= 4 is 23.2 Å². The van der Waals surface area contributed by atoms with Crippen LogP contribution in [0, 0.1) is 0 Å². The van der Waals surface area contributed by atoms with Gasteiger partial charge in [0, 0.05) is 29.0 Å². The number of ether oxygens (including phenoxy) is 1. The van der Waals surface area contributed by atoms with E-state index < -0.39 is 0 Å². The predicted octanol–water partition coefficient (Wildman–Crippen LogP) is 3.66. The number of nitrogens with one attached hydrogen (secondary N) is 3. The van der Waals surface area contributed by atoms with E-state index in [1.165, 1.54) is 0 Å². The first-order chi connectivity index (χ1) is 13.0. The number of carbonyl (C=O) groups excluding carboxylic acids is 2. The minimum absolute atomic E-state index is 0.104. The third-order valence-corrected chi connectivity index (χ3v) is 4.00. The molecule has 27 heavy (non-hydrogen) atoms. The smallest absolute Gasteiger partial charge is 0.251 e. The summed E-state index contributed by atoms with van der Waals surface area (Å²) < 4.78 is 5.44. The normalized spacial score (nSPS) is 11.4. The fraction of sp³-hybridized carbons (Fsp3) is 0.333. The summed E-state index contributed by atoms with van der Waals surface area (Å²) >= 11 is 0. The molecule has 144 valence electrons. The fourth-order valence-electron chi connectivity index (χ4n) is 2.40. The van der Waals surface area contributed by atoms with Crippen molar-refractivity contribution < 1.29 is 14.3 Å². The SMILES string of the molecule is CCOc1cccc(NCC(=O)Nc2cccc(C(=O)NC(C)CC)c2)c1. The molecular weight excluding hydrogens is 342 g/mol. The lowest BCUT2D eigenvalue weighted by atomic mass is 10.1. The number of rotatable bonds is 9. The van der Waals surface area contributed by atoms with Gasteiger partial charge in [-0.15, -0.1) is 0 Å². The first kappa shape index (κ1) is 20.3. The number of hydrogen-bond donors (Lipinski definition) is 3. The Balaban J connectivity index is 1.91. The van der Waals surface area contributed by atoms with Crippen LogP contribution in [-0.2, 0) is 4.79 Å². The average molecular weight is 369 g/mol. The summed E-state index contributed by atoms with van der Waals surface area (Å²) in [6.07, 6.45) is 0.859. The van der Waals surface area contributed by atoms with Crippen LogP contribution in [0.4, 0.5) is 11.4 Å². The fourth-order valence-corrected chi connectivity index (χ4v) is 2.40. The minimum Gasteiger partial charge on any atom is -0.494 e. The van der Waals surface area contributed by atoms with E-state index >= 15 is 0 Å². The molecule has 0 heterocycles. The van der Waals surface area contributed by atoms with Crippen molar-refractivity contribution in [2.24, 2.45) is 0 Å². The van der Waals surface area contributed by atoms with Crippen molar-refractivity contribution in [3.05, 3.63) is 54.1 Å². The van der Waals surface area contributed by atoms with Crippen molar-refractivity contribution in [2.75, 3.05) is 23.8 Å². The Bertz CT molecular complexity index is 777. The summed E-state index contributed by atoms with van der Waals surface area (Å²) in [5.41, 5.74) is 1.91. The Kier molecular flexibility index (Phi) is 7.67. The molecule has 2 amide bonds. The molecule has 6 heteroatoms. The Hall–Kier alpha value is -3.02. The van der Waals surface area contributed by atoms with Gasteiger partial charge in [0.05, 0.1) is 13.2 Å². The highest BCUT2D eigenvalue weighted by atomic mass is 16.5. The van der Waals surface area contributed by atoms with Crippen LogP contribution >= 0.6 is 0 Å². The number of anilines is 2. The van der Waals surface area contributed by atoms with Gasteiger partial charge in [-0.1, -0.05) is 19.1 Å². The highest BCUT2D eigenvalue weighted by Crippen LogP contribution is 2.17. The summed E-state index contributed by atoms with van der Waals surface area (Å²) in [5.74, 6) is 0.408. The number of carbonyl (C=O) groups is 2. The summed E-state index contributed by atoms with van der Waals surface area (Å²) in [4.78, 5) is 24.4.